The number of phenolic OH excluding ortho intramolecular Hbond substituents is 1. The number of aromatic hydroxyl groups is 1. The van der Waals surface area contributed by atoms with Gasteiger partial charge >= 0.3 is 5.69 Å². The molecule has 0 fully saturated rings. The molecule has 4 rings (SSSR count). The lowest BCUT2D eigenvalue weighted by Crippen LogP contribution is -1.92. The smallest absolute Gasteiger partial charge is 0.303 e. The average Bonchev–Trinajstić information content (AvgIpc) is 2.73. The fraction of sp³-hybridized carbons (Fsp3) is 0. The highest BCUT2D eigenvalue weighted by Gasteiger charge is 2.20. The van der Waals surface area contributed by atoms with E-state index in [0.29, 0.717) is 27.2 Å². The van der Waals surface area contributed by atoms with Gasteiger partial charge in [-0.3, -0.25) is 20.2 Å². The van der Waals surface area contributed by atoms with Crippen molar-refractivity contribution in [1.29, 1.82) is 0 Å². The van der Waals surface area contributed by atoms with E-state index in [1.165, 1.54) is 6.07 Å². The minimum atomic E-state index is -0.742. The van der Waals surface area contributed by atoms with Crippen LogP contribution < -0.4 is 0 Å². The Labute approximate surface area is 162 Å². The standard InChI is InChI=1S/C20H12N4O5/c25-20-15-7-3-1-5-13(15)19(14-6-2-4-8-16(14)20)22-21-17-10-9-12(23(26)27)11-18(17)24(28)29/h1-11,25H. The maximum absolute atomic E-state index is 11.3. The summed E-state index contributed by atoms with van der Waals surface area (Å²) in [4.78, 5) is 20.8. The number of nitro groups is 2. The Morgan fingerprint density at radius 1 is 0.724 bits per heavy atom. The Morgan fingerprint density at radius 3 is 1.79 bits per heavy atom. The van der Waals surface area contributed by atoms with E-state index < -0.39 is 21.2 Å². The third-order valence-electron chi connectivity index (χ3n) is 4.50. The maximum Gasteiger partial charge on any atom is 0.303 e. The maximum atomic E-state index is 11.3. The minimum absolute atomic E-state index is 0.108. The van der Waals surface area contributed by atoms with Gasteiger partial charge in [-0.2, -0.15) is 0 Å². The van der Waals surface area contributed by atoms with Crippen molar-refractivity contribution in [3.8, 4) is 5.75 Å². The summed E-state index contributed by atoms with van der Waals surface area (Å²) in [6.07, 6.45) is 0. The van der Waals surface area contributed by atoms with Crippen molar-refractivity contribution in [2.24, 2.45) is 10.2 Å². The van der Waals surface area contributed by atoms with Crippen LogP contribution in [0.3, 0.4) is 0 Å². The second-order valence-corrected chi connectivity index (χ2v) is 6.18. The van der Waals surface area contributed by atoms with E-state index in [-0.39, 0.29) is 11.4 Å². The summed E-state index contributed by atoms with van der Waals surface area (Å²) < 4.78 is 0. The quantitative estimate of drug-likeness (QED) is 0.200. The lowest BCUT2D eigenvalue weighted by atomic mass is 10.00. The highest BCUT2D eigenvalue weighted by Crippen LogP contribution is 2.43. The zero-order chi connectivity index (χ0) is 20.5. The van der Waals surface area contributed by atoms with Crippen LogP contribution in [0.2, 0.25) is 0 Å². The van der Waals surface area contributed by atoms with Crippen molar-refractivity contribution in [3.63, 3.8) is 0 Å². The van der Waals surface area contributed by atoms with Crippen molar-refractivity contribution in [1.82, 2.24) is 0 Å². The minimum Gasteiger partial charge on any atom is -0.507 e. The first-order chi connectivity index (χ1) is 14.0. The number of nitro benzene ring substituents is 2. The molecule has 9 nitrogen and oxygen atoms in total. The molecule has 0 aliphatic heterocycles. The Kier molecular flexibility index (Phi) is 4.32. The number of phenols is 1. The van der Waals surface area contributed by atoms with Gasteiger partial charge < -0.3 is 5.11 Å². The van der Waals surface area contributed by atoms with Gasteiger partial charge in [0.15, 0.2) is 5.69 Å². The molecule has 29 heavy (non-hydrogen) atoms. The van der Waals surface area contributed by atoms with Gasteiger partial charge in [-0.15, -0.1) is 10.2 Å². The van der Waals surface area contributed by atoms with E-state index >= 15 is 0 Å². The number of hydrogen-bond donors (Lipinski definition) is 1. The normalized spacial score (nSPS) is 11.3. The zero-order valence-corrected chi connectivity index (χ0v) is 14.7. The highest BCUT2D eigenvalue weighted by molar-refractivity contribution is 6.14. The number of fused-ring (bicyclic) bond motifs is 2. The molecule has 1 N–H and O–H groups in total. The topological polar surface area (TPSA) is 131 Å². The van der Waals surface area contributed by atoms with Crippen LogP contribution in [0, 0.1) is 20.2 Å². The van der Waals surface area contributed by atoms with Gasteiger partial charge in [-0.1, -0.05) is 48.5 Å². The molecule has 0 saturated carbocycles. The van der Waals surface area contributed by atoms with Crippen molar-refractivity contribution < 1.29 is 15.0 Å². The second kappa shape index (κ2) is 6.97. The number of benzene rings is 4. The van der Waals surface area contributed by atoms with Gasteiger partial charge in [0.2, 0.25) is 0 Å². The van der Waals surface area contributed by atoms with E-state index in [9.17, 15) is 25.3 Å². The van der Waals surface area contributed by atoms with Crippen LogP contribution in [0.4, 0.5) is 22.7 Å². The largest absolute Gasteiger partial charge is 0.507 e. The summed E-state index contributed by atoms with van der Waals surface area (Å²) in [7, 11) is 0. The summed E-state index contributed by atoms with van der Waals surface area (Å²) in [5, 5.41) is 43.4. The van der Waals surface area contributed by atoms with E-state index in [0.717, 1.165) is 12.1 Å². The van der Waals surface area contributed by atoms with Gasteiger partial charge in [-0.25, -0.2) is 0 Å². The molecule has 0 saturated heterocycles. The Balaban J connectivity index is 1.95. The predicted octanol–water partition coefficient (Wildman–Crippen LogP) is 5.93. The molecule has 4 aromatic rings. The molecule has 0 unspecified atom stereocenters. The molecule has 0 radical (unpaired) electrons. The van der Waals surface area contributed by atoms with Gasteiger partial charge in [-0.05, 0) is 6.07 Å². The van der Waals surface area contributed by atoms with Crippen LogP contribution >= 0.6 is 0 Å². The number of rotatable bonds is 4. The summed E-state index contributed by atoms with van der Waals surface area (Å²) in [6.45, 7) is 0. The van der Waals surface area contributed by atoms with Crippen molar-refractivity contribution >= 4 is 44.3 Å². The molecule has 0 amide bonds. The third kappa shape index (κ3) is 3.10. The van der Waals surface area contributed by atoms with Gasteiger partial charge in [0.05, 0.1) is 15.9 Å². The van der Waals surface area contributed by atoms with Crippen LogP contribution in [0.25, 0.3) is 21.5 Å². The molecule has 0 heterocycles. The summed E-state index contributed by atoms with van der Waals surface area (Å²) in [6, 6.07) is 17.3. The first-order valence-corrected chi connectivity index (χ1v) is 8.44. The van der Waals surface area contributed by atoms with E-state index in [1.807, 2.05) is 0 Å². The number of azo groups is 1. The highest BCUT2D eigenvalue weighted by atomic mass is 16.6. The van der Waals surface area contributed by atoms with Crippen molar-refractivity contribution in [2.45, 2.75) is 0 Å². The van der Waals surface area contributed by atoms with E-state index in [4.69, 9.17) is 0 Å². The van der Waals surface area contributed by atoms with Gasteiger partial charge in [0, 0.05) is 27.6 Å². The van der Waals surface area contributed by atoms with Crippen LogP contribution in [0.1, 0.15) is 0 Å². The molecule has 0 atom stereocenters. The molecule has 0 aromatic heterocycles. The molecular formula is C20H12N4O5. The average molecular weight is 388 g/mol. The summed E-state index contributed by atoms with van der Waals surface area (Å²) >= 11 is 0. The van der Waals surface area contributed by atoms with E-state index in [2.05, 4.69) is 10.2 Å². The molecule has 0 bridgehead atoms. The fourth-order valence-electron chi connectivity index (χ4n) is 3.15. The van der Waals surface area contributed by atoms with E-state index in [1.54, 1.807) is 48.5 Å². The number of hydrogen-bond acceptors (Lipinski definition) is 7. The summed E-state index contributed by atoms with van der Waals surface area (Å²) in [5.74, 6) is 0.108. The Morgan fingerprint density at radius 2 is 1.28 bits per heavy atom. The van der Waals surface area contributed by atoms with Gasteiger partial charge in [0.1, 0.15) is 11.4 Å². The number of nitrogens with zero attached hydrogens (tertiary/aromatic N) is 4. The molecule has 4 aromatic carbocycles. The van der Waals surface area contributed by atoms with Gasteiger partial charge in [0.25, 0.3) is 5.69 Å². The zero-order valence-electron chi connectivity index (χ0n) is 14.7. The fourth-order valence-corrected chi connectivity index (χ4v) is 3.15. The molecular weight excluding hydrogens is 376 g/mol. The first kappa shape index (κ1) is 18.0. The monoisotopic (exact) mass is 388 g/mol. The van der Waals surface area contributed by atoms with Crippen LogP contribution in [-0.4, -0.2) is 15.0 Å². The van der Waals surface area contributed by atoms with Crippen LogP contribution in [0.5, 0.6) is 5.75 Å². The van der Waals surface area contributed by atoms with Crippen molar-refractivity contribution in [3.05, 3.63) is 87.0 Å². The Hall–Kier alpha value is -4.40. The molecule has 0 spiro atoms. The molecule has 142 valence electrons. The predicted molar refractivity (Wildman–Crippen MR) is 107 cm³/mol. The summed E-state index contributed by atoms with van der Waals surface area (Å²) in [5.41, 5.74) is -0.602. The van der Waals surface area contributed by atoms with Crippen LogP contribution in [0.15, 0.2) is 77.0 Å². The Bertz CT molecular complexity index is 1280. The lowest BCUT2D eigenvalue weighted by Gasteiger charge is -2.09. The first-order valence-electron chi connectivity index (χ1n) is 8.44. The second-order valence-electron chi connectivity index (χ2n) is 6.18. The molecule has 9 heteroatoms. The lowest BCUT2D eigenvalue weighted by molar-refractivity contribution is -0.393. The van der Waals surface area contributed by atoms with Crippen LogP contribution in [-0.2, 0) is 0 Å². The number of non-ortho nitro benzene ring substituents is 1. The van der Waals surface area contributed by atoms with Crippen molar-refractivity contribution in [2.75, 3.05) is 0 Å². The molecule has 0 aliphatic carbocycles. The molecule has 0 aliphatic rings. The SMILES string of the molecule is O=[N+]([O-])c1ccc(N=Nc2c3ccccc3c(O)c3ccccc23)c([N+](=O)[O-])c1. The third-order valence-corrected chi connectivity index (χ3v) is 4.50.